The molecule has 2 N–H and O–H groups in total. The van der Waals surface area contributed by atoms with Gasteiger partial charge < -0.3 is 10.6 Å². The number of nitrogens with zero attached hydrogens (tertiary/aromatic N) is 2. The SMILES string of the molecule is CCC(CSC)N(C)C(=O)c1cc(Cl)c(N)c([N+](=O)[O-])c1. The monoisotopic (exact) mass is 331 g/mol. The number of carbonyl (C=O) groups is 1. The third-order valence-corrected chi connectivity index (χ3v) is 4.28. The number of carbonyl (C=O) groups excluding carboxylic acids is 1. The van der Waals surface area contributed by atoms with Crippen molar-refractivity contribution in [2.75, 3.05) is 24.8 Å². The Bertz CT molecular complexity index is 554. The summed E-state index contributed by atoms with van der Waals surface area (Å²) >= 11 is 7.52. The van der Waals surface area contributed by atoms with Crippen LogP contribution in [0.15, 0.2) is 12.1 Å². The molecule has 8 heteroatoms. The molecule has 21 heavy (non-hydrogen) atoms. The quantitative estimate of drug-likeness (QED) is 0.491. The van der Waals surface area contributed by atoms with Crippen molar-refractivity contribution in [1.29, 1.82) is 0 Å². The number of nitrogens with two attached hydrogens (primary N) is 1. The van der Waals surface area contributed by atoms with Gasteiger partial charge in [0.15, 0.2) is 0 Å². The van der Waals surface area contributed by atoms with Gasteiger partial charge in [-0.15, -0.1) is 0 Å². The highest BCUT2D eigenvalue weighted by atomic mass is 35.5. The van der Waals surface area contributed by atoms with Crippen molar-refractivity contribution in [3.05, 3.63) is 32.8 Å². The molecule has 0 radical (unpaired) electrons. The zero-order chi connectivity index (χ0) is 16.2. The Morgan fingerprint density at radius 3 is 2.67 bits per heavy atom. The van der Waals surface area contributed by atoms with Gasteiger partial charge in [0.05, 0.1) is 9.95 Å². The summed E-state index contributed by atoms with van der Waals surface area (Å²) in [5.74, 6) is 0.490. The fourth-order valence-electron chi connectivity index (χ4n) is 1.94. The molecular formula is C13H18ClN3O3S. The van der Waals surface area contributed by atoms with E-state index in [2.05, 4.69) is 0 Å². The van der Waals surface area contributed by atoms with E-state index in [1.54, 1.807) is 23.7 Å². The molecule has 0 aliphatic heterocycles. The number of hydrogen-bond donors (Lipinski definition) is 1. The Hall–Kier alpha value is -1.47. The molecule has 0 saturated carbocycles. The van der Waals surface area contributed by atoms with Crippen LogP contribution in [0.3, 0.4) is 0 Å². The van der Waals surface area contributed by atoms with Gasteiger partial charge in [-0.3, -0.25) is 14.9 Å². The summed E-state index contributed by atoms with van der Waals surface area (Å²) in [5.41, 5.74) is 5.25. The first kappa shape index (κ1) is 17.6. The van der Waals surface area contributed by atoms with E-state index >= 15 is 0 Å². The summed E-state index contributed by atoms with van der Waals surface area (Å²) in [5, 5.41) is 11.0. The molecule has 0 bridgehead atoms. The highest BCUT2D eigenvalue weighted by molar-refractivity contribution is 7.98. The van der Waals surface area contributed by atoms with Gasteiger partial charge in [0.2, 0.25) is 0 Å². The van der Waals surface area contributed by atoms with Crippen molar-refractivity contribution in [3.63, 3.8) is 0 Å². The average molecular weight is 332 g/mol. The first-order valence-corrected chi connectivity index (χ1v) is 8.10. The highest BCUT2D eigenvalue weighted by Crippen LogP contribution is 2.31. The Balaban J connectivity index is 3.15. The zero-order valence-electron chi connectivity index (χ0n) is 12.1. The Morgan fingerprint density at radius 2 is 2.19 bits per heavy atom. The minimum Gasteiger partial charge on any atom is -0.392 e. The van der Waals surface area contributed by atoms with E-state index < -0.39 is 4.92 Å². The molecule has 0 spiro atoms. The Morgan fingerprint density at radius 1 is 1.57 bits per heavy atom. The zero-order valence-corrected chi connectivity index (χ0v) is 13.7. The number of hydrogen-bond acceptors (Lipinski definition) is 5. The third-order valence-electron chi connectivity index (χ3n) is 3.25. The van der Waals surface area contributed by atoms with Crippen LogP contribution < -0.4 is 5.73 Å². The minimum absolute atomic E-state index is 0.0128. The van der Waals surface area contributed by atoms with Crippen LogP contribution >= 0.6 is 23.4 Å². The van der Waals surface area contributed by atoms with E-state index in [1.807, 2.05) is 13.2 Å². The number of rotatable bonds is 6. The largest absolute Gasteiger partial charge is 0.392 e. The lowest BCUT2D eigenvalue weighted by Gasteiger charge is -2.27. The highest BCUT2D eigenvalue weighted by Gasteiger charge is 2.24. The molecule has 6 nitrogen and oxygen atoms in total. The number of amides is 1. The van der Waals surface area contributed by atoms with Crippen LogP contribution in [0.2, 0.25) is 5.02 Å². The number of nitro groups is 1. The van der Waals surface area contributed by atoms with Gasteiger partial charge >= 0.3 is 0 Å². The number of halogens is 1. The molecule has 1 rings (SSSR count). The van der Waals surface area contributed by atoms with Crippen LogP contribution in [-0.4, -0.2) is 40.8 Å². The van der Waals surface area contributed by atoms with Crippen molar-refractivity contribution >= 4 is 40.6 Å². The summed E-state index contributed by atoms with van der Waals surface area (Å²) < 4.78 is 0. The Labute approximate surface area is 132 Å². The first-order valence-electron chi connectivity index (χ1n) is 6.32. The molecular weight excluding hydrogens is 314 g/mol. The summed E-state index contributed by atoms with van der Waals surface area (Å²) in [6.07, 6.45) is 2.76. The molecule has 0 saturated heterocycles. The lowest BCUT2D eigenvalue weighted by molar-refractivity contribution is -0.383. The second kappa shape index (κ2) is 7.51. The lowest BCUT2D eigenvalue weighted by Crippen LogP contribution is -2.38. The van der Waals surface area contributed by atoms with Gasteiger partial charge in [-0.2, -0.15) is 11.8 Å². The topological polar surface area (TPSA) is 89.5 Å². The smallest absolute Gasteiger partial charge is 0.294 e. The molecule has 1 aromatic rings. The second-order valence-corrected chi connectivity index (χ2v) is 5.90. The molecule has 1 aromatic carbocycles. The van der Waals surface area contributed by atoms with E-state index in [0.29, 0.717) is 0 Å². The molecule has 0 aromatic heterocycles. The first-order chi connectivity index (χ1) is 9.83. The van der Waals surface area contributed by atoms with E-state index in [-0.39, 0.29) is 33.9 Å². The molecule has 1 atom stereocenters. The molecule has 1 amide bonds. The van der Waals surface area contributed by atoms with Crippen molar-refractivity contribution in [3.8, 4) is 0 Å². The summed E-state index contributed by atoms with van der Waals surface area (Å²) in [6, 6.07) is 2.60. The van der Waals surface area contributed by atoms with Crippen molar-refractivity contribution in [1.82, 2.24) is 4.90 Å². The maximum absolute atomic E-state index is 12.5. The van der Waals surface area contributed by atoms with Gasteiger partial charge in [-0.05, 0) is 18.7 Å². The van der Waals surface area contributed by atoms with E-state index in [0.717, 1.165) is 12.2 Å². The van der Waals surface area contributed by atoms with E-state index in [1.165, 1.54) is 12.1 Å². The summed E-state index contributed by atoms with van der Waals surface area (Å²) in [7, 11) is 1.68. The molecule has 0 aliphatic rings. The normalized spacial score (nSPS) is 12.0. The maximum Gasteiger partial charge on any atom is 0.294 e. The number of benzene rings is 1. The Kier molecular flexibility index (Phi) is 6.29. The van der Waals surface area contributed by atoms with Crippen molar-refractivity contribution in [2.45, 2.75) is 19.4 Å². The second-order valence-electron chi connectivity index (χ2n) is 4.58. The predicted octanol–water partition coefficient (Wildman–Crippen LogP) is 3.04. The van der Waals surface area contributed by atoms with Gasteiger partial charge in [-0.25, -0.2) is 0 Å². The summed E-state index contributed by atoms with van der Waals surface area (Å²) in [4.78, 5) is 24.3. The predicted molar refractivity (Wildman–Crippen MR) is 87.1 cm³/mol. The standard InChI is InChI=1S/C13H18ClN3O3S/c1-4-9(7-21-3)16(2)13(18)8-5-10(14)12(15)11(6-8)17(19)20/h5-6,9H,4,7,15H2,1-3H3. The fraction of sp³-hybridized carbons (Fsp3) is 0.462. The van der Waals surface area contributed by atoms with Crippen LogP contribution in [0.5, 0.6) is 0 Å². The summed E-state index contributed by atoms with van der Waals surface area (Å²) in [6.45, 7) is 1.99. The molecule has 116 valence electrons. The maximum atomic E-state index is 12.5. The molecule has 0 fully saturated rings. The van der Waals surface area contributed by atoms with Crippen LogP contribution in [0.25, 0.3) is 0 Å². The molecule has 1 unspecified atom stereocenters. The minimum atomic E-state index is -0.642. The van der Waals surface area contributed by atoms with Gasteiger partial charge in [0, 0.05) is 30.5 Å². The third kappa shape index (κ3) is 4.01. The number of anilines is 1. The van der Waals surface area contributed by atoms with Gasteiger partial charge in [0.25, 0.3) is 11.6 Å². The number of nitro benzene ring substituents is 1. The van der Waals surface area contributed by atoms with E-state index in [4.69, 9.17) is 17.3 Å². The van der Waals surface area contributed by atoms with Crippen LogP contribution in [0, 0.1) is 10.1 Å². The van der Waals surface area contributed by atoms with Crippen molar-refractivity contribution in [2.24, 2.45) is 0 Å². The van der Waals surface area contributed by atoms with Crippen LogP contribution in [0.1, 0.15) is 23.7 Å². The lowest BCUT2D eigenvalue weighted by atomic mass is 10.1. The van der Waals surface area contributed by atoms with Crippen LogP contribution in [-0.2, 0) is 0 Å². The number of thioether (sulfide) groups is 1. The number of nitrogen functional groups attached to an aromatic ring is 1. The molecule has 0 aliphatic carbocycles. The van der Waals surface area contributed by atoms with E-state index in [9.17, 15) is 14.9 Å². The fourth-order valence-corrected chi connectivity index (χ4v) is 3.00. The average Bonchev–Trinajstić information content (AvgIpc) is 2.45. The van der Waals surface area contributed by atoms with Gasteiger partial charge in [-0.1, -0.05) is 18.5 Å². The van der Waals surface area contributed by atoms with Crippen molar-refractivity contribution < 1.29 is 9.72 Å². The van der Waals surface area contributed by atoms with Gasteiger partial charge in [0.1, 0.15) is 5.69 Å². The molecule has 0 heterocycles. The van der Waals surface area contributed by atoms with Crippen LogP contribution in [0.4, 0.5) is 11.4 Å².